The maximum absolute atomic E-state index is 5.98. The van der Waals surface area contributed by atoms with Crippen LogP contribution in [0.1, 0.15) is 5.82 Å². The number of hydrogen-bond donors (Lipinski definition) is 1. The molecule has 0 saturated carbocycles. The Hall–Kier alpha value is -0.780. The van der Waals surface area contributed by atoms with Gasteiger partial charge in [-0.05, 0) is 30.4 Å². The van der Waals surface area contributed by atoms with Crippen molar-refractivity contribution in [1.82, 2.24) is 14.8 Å². The van der Waals surface area contributed by atoms with Gasteiger partial charge in [-0.3, -0.25) is 9.67 Å². The normalized spacial score (nSPS) is 13.4. The van der Waals surface area contributed by atoms with Gasteiger partial charge in [-0.1, -0.05) is 11.6 Å². The van der Waals surface area contributed by atoms with E-state index in [-0.39, 0.29) is 0 Å². The summed E-state index contributed by atoms with van der Waals surface area (Å²) in [4.78, 5) is 1.18. The van der Waals surface area contributed by atoms with Crippen LogP contribution in [0.25, 0.3) is 5.69 Å². The molecule has 0 amide bonds. The lowest BCUT2D eigenvalue weighted by Gasteiger charge is -2.16. The fraction of sp³-hybridized carbons (Fsp3) is 0.111. The molecule has 2 aromatic rings. The number of aromatic nitrogens is 3. The van der Waals surface area contributed by atoms with E-state index in [0.717, 1.165) is 17.3 Å². The zero-order chi connectivity index (χ0) is 10.4. The number of thioether (sulfide) groups is 1. The first-order valence-corrected chi connectivity index (χ1v) is 6.12. The Bertz CT molecular complexity index is 587. The molecule has 0 unspecified atom stereocenters. The number of nitrogens with one attached hydrogen (secondary N) is 1. The van der Waals surface area contributed by atoms with Crippen LogP contribution in [-0.4, -0.2) is 14.8 Å². The van der Waals surface area contributed by atoms with Gasteiger partial charge in [-0.2, -0.15) is 5.10 Å². The van der Waals surface area contributed by atoms with E-state index in [0.29, 0.717) is 9.79 Å². The Kier molecular flexibility index (Phi) is 2.12. The summed E-state index contributed by atoms with van der Waals surface area (Å²) < 4.78 is 2.56. The van der Waals surface area contributed by atoms with Crippen LogP contribution < -0.4 is 0 Å². The average molecular weight is 256 g/mol. The Morgan fingerprint density at radius 2 is 2.40 bits per heavy atom. The van der Waals surface area contributed by atoms with Crippen molar-refractivity contribution in [3.8, 4) is 5.69 Å². The van der Waals surface area contributed by atoms with Crippen molar-refractivity contribution in [1.29, 1.82) is 0 Å². The maximum atomic E-state index is 5.98. The quantitative estimate of drug-likeness (QED) is 0.734. The third-order valence-corrected chi connectivity index (χ3v) is 3.83. The third-order valence-electron chi connectivity index (χ3n) is 2.26. The van der Waals surface area contributed by atoms with E-state index in [1.165, 1.54) is 4.90 Å². The van der Waals surface area contributed by atoms with E-state index < -0.39 is 0 Å². The molecule has 15 heavy (non-hydrogen) atoms. The second-order valence-corrected chi connectivity index (χ2v) is 5.02. The highest BCUT2D eigenvalue weighted by Crippen LogP contribution is 2.35. The van der Waals surface area contributed by atoms with Gasteiger partial charge in [0.2, 0.25) is 0 Å². The summed E-state index contributed by atoms with van der Waals surface area (Å²) in [6.07, 6.45) is 0. The molecule has 1 aromatic heterocycles. The molecule has 3 nitrogen and oxygen atoms in total. The molecule has 0 fully saturated rings. The number of benzene rings is 1. The Labute approximate surface area is 100 Å². The van der Waals surface area contributed by atoms with E-state index in [1.807, 2.05) is 22.8 Å². The number of hydrogen-bond acceptors (Lipinski definition) is 3. The Morgan fingerprint density at radius 3 is 3.27 bits per heavy atom. The number of fused-ring (bicyclic) bond motifs is 3. The van der Waals surface area contributed by atoms with Crippen LogP contribution in [0.15, 0.2) is 23.1 Å². The Morgan fingerprint density at radius 1 is 1.53 bits per heavy atom. The standard InChI is InChI=1S/C9H6ClN3S2/c10-5-1-2-7-6(3-5)13-8(4-15-7)11-12-9(13)14/h1-3H,4H2,(H,12,14). The molecule has 1 N–H and O–H groups in total. The largest absolute Gasteiger partial charge is 0.270 e. The van der Waals surface area contributed by atoms with E-state index in [4.69, 9.17) is 23.8 Å². The minimum Gasteiger partial charge on any atom is -0.270 e. The first-order chi connectivity index (χ1) is 7.25. The van der Waals surface area contributed by atoms with Gasteiger partial charge in [0.1, 0.15) is 5.82 Å². The molecule has 76 valence electrons. The highest BCUT2D eigenvalue weighted by molar-refractivity contribution is 7.98. The molecule has 0 bridgehead atoms. The van der Waals surface area contributed by atoms with Crippen LogP contribution in [0.3, 0.4) is 0 Å². The molecule has 1 aliphatic heterocycles. The van der Waals surface area contributed by atoms with Crippen LogP contribution in [0.2, 0.25) is 5.02 Å². The lowest BCUT2D eigenvalue weighted by Crippen LogP contribution is -2.06. The van der Waals surface area contributed by atoms with Gasteiger partial charge in [0.05, 0.1) is 11.4 Å². The topological polar surface area (TPSA) is 33.6 Å². The van der Waals surface area contributed by atoms with Gasteiger partial charge >= 0.3 is 0 Å². The lowest BCUT2D eigenvalue weighted by molar-refractivity contribution is 0.913. The fourth-order valence-electron chi connectivity index (χ4n) is 1.60. The number of halogens is 1. The second kappa shape index (κ2) is 3.37. The first kappa shape index (κ1) is 9.45. The molecule has 0 aliphatic carbocycles. The molecular weight excluding hydrogens is 250 g/mol. The number of rotatable bonds is 0. The fourth-order valence-corrected chi connectivity index (χ4v) is 2.96. The van der Waals surface area contributed by atoms with Crippen LogP contribution in [-0.2, 0) is 5.75 Å². The minimum atomic E-state index is 0.619. The van der Waals surface area contributed by atoms with E-state index >= 15 is 0 Å². The van der Waals surface area contributed by atoms with Crippen LogP contribution in [0.5, 0.6) is 0 Å². The van der Waals surface area contributed by atoms with Crippen molar-refractivity contribution < 1.29 is 0 Å². The molecule has 0 spiro atoms. The van der Waals surface area contributed by atoms with E-state index in [1.54, 1.807) is 11.8 Å². The van der Waals surface area contributed by atoms with Gasteiger partial charge in [0.15, 0.2) is 4.77 Å². The summed E-state index contributed by atoms with van der Waals surface area (Å²) in [7, 11) is 0. The van der Waals surface area contributed by atoms with Gasteiger partial charge in [0, 0.05) is 9.92 Å². The van der Waals surface area contributed by atoms with Gasteiger partial charge < -0.3 is 0 Å². The molecule has 0 atom stereocenters. The average Bonchev–Trinajstić information content (AvgIpc) is 2.60. The van der Waals surface area contributed by atoms with Crippen molar-refractivity contribution in [3.05, 3.63) is 33.8 Å². The molecule has 0 saturated heterocycles. The molecule has 3 rings (SSSR count). The summed E-state index contributed by atoms with van der Waals surface area (Å²) in [5.74, 6) is 1.78. The summed E-state index contributed by atoms with van der Waals surface area (Å²) in [5.41, 5.74) is 1.02. The van der Waals surface area contributed by atoms with Crippen molar-refractivity contribution >= 4 is 35.6 Å². The number of aromatic amines is 1. The Balaban J connectivity index is 2.36. The van der Waals surface area contributed by atoms with E-state index in [9.17, 15) is 0 Å². The van der Waals surface area contributed by atoms with Crippen LogP contribution in [0, 0.1) is 4.77 Å². The van der Waals surface area contributed by atoms with Gasteiger partial charge in [-0.25, -0.2) is 0 Å². The number of H-pyrrole nitrogens is 1. The summed E-state index contributed by atoms with van der Waals surface area (Å²) in [6.45, 7) is 0. The SMILES string of the molecule is S=c1[nH]nc2n1-c1cc(Cl)ccc1SC2. The van der Waals surface area contributed by atoms with Crippen molar-refractivity contribution in [3.63, 3.8) is 0 Å². The zero-order valence-electron chi connectivity index (χ0n) is 7.53. The molecule has 1 aliphatic rings. The monoisotopic (exact) mass is 255 g/mol. The summed E-state index contributed by atoms with van der Waals surface area (Å²) >= 11 is 12.9. The highest BCUT2D eigenvalue weighted by Gasteiger charge is 2.18. The molecule has 2 heterocycles. The van der Waals surface area contributed by atoms with Crippen molar-refractivity contribution in [2.24, 2.45) is 0 Å². The molecule has 1 aromatic carbocycles. The molecule has 6 heteroatoms. The molecular formula is C9H6ClN3S2. The third kappa shape index (κ3) is 1.42. The molecule has 0 radical (unpaired) electrons. The van der Waals surface area contributed by atoms with Gasteiger partial charge in [-0.15, -0.1) is 11.8 Å². The lowest BCUT2D eigenvalue weighted by atomic mass is 10.3. The van der Waals surface area contributed by atoms with Crippen LogP contribution in [0.4, 0.5) is 0 Å². The predicted molar refractivity (Wildman–Crippen MR) is 63.3 cm³/mol. The summed E-state index contributed by atoms with van der Waals surface area (Å²) in [6, 6.07) is 5.82. The number of nitrogens with zero attached hydrogens (tertiary/aromatic N) is 2. The smallest absolute Gasteiger partial charge is 0.199 e. The predicted octanol–water partition coefficient (Wildman–Crippen LogP) is 3.19. The maximum Gasteiger partial charge on any atom is 0.199 e. The second-order valence-electron chi connectivity index (χ2n) is 3.18. The van der Waals surface area contributed by atoms with Gasteiger partial charge in [0.25, 0.3) is 0 Å². The van der Waals surface area contributed by atoms with Crippen LogP contribution >= 0.6 is 35.6 Å². The van der Waals surface area contributed by atoms with Crippen molar-refractivity contribution in [2.45, 2.75) is 10.6 Å². The minimum absolute atomic E-state index is 0.619. The van der Waals surface area contributed by atoms with E-state index in [2.05, 4.69) is 10.2 Å². The van der Waals surface area contributed by atoms with Crippen molar-refractivity contribution in [2.75, 3.05) is 0 Å². The summed E-state index contributed by atoms with van der Waals surface area (Å²) in [5, 5.41) is 7.68. The first-order valence-electron chi connectivity index (χ1n) is 4.35. The zero-order valence-corrected chi connectivity index (χ0v) is 9.92. The highest BCUT2D eigenvalue weighted by atomic mass is 35.5.